The van der Waals surface area contributed by atoms with Crippen LogP contribution in [0.25, 0.3) is 11.5 Å². The Morgan fingerprint density at radius 2 is 2.00 bits per heavy atom. The van der Waals surface area contributed by atoms with Crippen LogP contribution in [-0.2, 0) is 0 Å². The minimum absolute atomic E-state index is 0.0512. The summed E-state index contributed by atoms with van der Waals surface area (Å²) in [4.78, 5) is 3.66. The predicted octanol–water partition coefficient (Wildman–Crippen LogP) is 1.60. The molecule has 0 aliphatic heterocycles. The zero-order chi connectivity index (χ0) is 10.1. The Hall–Kier alpha value is -1.98. The molecule has 0 amide bonds. The Balaban J connectivity index is 2.47. The van der Waals surface area contributed by atoms with E-state index < -0.39 is 11.6 Å². The van der Waals surface area contributed by atoms with Crippen molar-refractivity contribution in [1.82, 2.24) is 10.1 Å². The van der Waals surface area contributed by atoms with E-state index in [0.717, 1.165) is 12.1 Å². The van der Waals surface area contributed by atoms with E-state index >= 15 is 0 Å². The van der Waals surface area contributed by atoms with E-state index in [4.69, 9.17) is 5.73 Å². The third-order valence-electron chi connectivity index (χ3n) is 1.61. The van der Waals surface area contributed by atoms with Gasteiger partial charge in [-0.25, -0.2) is 8.78 Å². The molecule has 0 spiro atoms. The van der Waals surface area contributed by atoms with Gasteiger partial charge in [0.25, 0.3) is 11.8 Å². The number of rotatable bonds is 1. The second-order valence-electron chi connectivity index (χ2n) is 2.59. The van der Waals surface area contributed by atoms with Gasteiger partial charge in [-0.1, -0.05) is 0 Å². The molecule has 1 aromatic carbocycles. The fourth-order valence-corrected chi connectivity index (χ4v) is 0.981. The summed E-state index contributed by atoms with van der Waals surface area (Å²) in [5.74, 6) is -1.90. The smallest absolute Gasteiger partial charge is 0.261 e. The molecule has 0 saturated heterocycles. The van der Waals surface area contributed by atoms with Crippen molar-refractivity contribution in [2.24, 2.45) is 0 Å². The van der Waals surface area contributed by atoms with E-state index in [1.165, 1.54) is 6.07 Å². The van der Waals surface area contributed by atoms with Crippen molar-refractivity contribution in [3.05, 3.63) is 29.8 Å². The topological polar surface area (TPSA) is 64.9 Å². The molecular weight excluding hydrogens is 192 g/mol. The molecule has 2 aromatic rings. The SMILES string of the molecule is Nc1noc(-c2ccc(F)c(F)c2)n1. The maximum absolute atomic E-state index is 12.8. The Bertz CT molecular complexity index is 469. The molecule has 0 aliphatic carbocycles. The maximum atomic E-state index is 12.8. The highest BCUT2D eigenvalue weighted by atomic mass is 19.2. The van der Waals surface area contributed by atoms with Crippen molar-refractivity contribution in [1.29, 1.82) is 0 Å². The average Bonchev–Trinajstić information content (AvgIpc) is 2.57. The van der Waals surface area contributed by atoms with Crippen LogP contribution >= 0.6 is 0 Å². The molecule has 0 radical (unpaired) electrons. The second kappa shape index (κ2) is 3.06. The van der Waals surface area contributed by atoms with Gasteiger partial charge in [0.1, 0.15) is 0 Å². The molecule has 0 unspecified atom stereocenters. The predicted molar refractivity (Wildman–Crippen MR) is 44.1 cm³/mol. The van der Waals surface area contributed by atoms with Gasteiger partial charge in [0, 0.05) is 5.56 Å². The molecule has 14 heavy (non-hydrogen) atoms. The van der Waals surface area contributed by atoms with Gasteiger partial charge in [-0.3, -0.25) is 0 Å². The van der Waals surface area contributed by atoms with Crippen molar-refractivity contribution in [2.45, 2.75) is 0 Å². The van der Waals surface area contributed by atoms with Gasteiger partial charge in [-0.2, -0.15) is 4.98 Å². The highest BCUT2D eigenvalue weighted by Gasteiger charge is 2.09. The Morgan fingerprint density at radius 3 is 2.57 bits per heavy atom. The van der Waals surface area contributed by atoms with Gasteiger partial charge in [-0.15, -0.1) is 0 Å². The quantitative estimate of drug-likeness (QED) is 0.753. The molecule has 0 aliphatic rings. The fraction of sp³-hybridized carbons (Fsp3) is 0. The van der Waals surface area contributed by atoms with Crippen LogP contribution in [-0.4, -0.2) is 10.1 Å². The van der Waals surface area contributed by atoms with E-state index in [1.807, 2.05) is 0 Å². The Morgan fingerprint density at radius 1 is 1.21 bits per heavy atom. The molecule has 72 valence electrons. The first-order valence-corrected chi connectivity index (χ1v) is 3.71. The number of nitrogen functional groups attached to an aromatic ring is 1. The molecule has 1 aromatic heterocycles. The van der Waals surface area contributed by atoms with Crippen LogP contribution in [0.5, 0.6) is 0 Å². The average molecular weight is 197 g/mol. The van der Waals surface area contributed by atoms with Crippen LogP contribution in [0.15, 0.2) is 22.7 Å². The number of hydrogen-bond donors (Lipinski definition) is 1. The molecule has 2 N–H and O–H groups in total. The van der Waals surface area contributed by atoms with Gasteiger partial charge in [0.2, 0.25) is 0 Å². The highest BCUT2D eigenvalue weighted by Crippen LogP contribution is 2.19. The molecule has 4 nitrogen and oxygen atoms in total. The minimum atomic E-state index is -0.973. The van der Waals surface area contributed by atoms with Crippen LogP contribution in [0.3, 0.4) is 0 Å². The van der Waals surface area contributed by atoms with Gasteiger partial charge >= 0.3 is 0 Å². The van der Waals surface area contributed by atoms with E-state index in [0.29, 0.717) is 0 Å². The number of anilines is 1. The van der Waals surface area contributed by atoms with E-state index in [9.17, 15) is 8.78 Å². The summed E-state index contributed by atoms with van der Waals surface area (Å²) in [7, 11) is 0. The van der Waals surface area contributed by atoms with Gasteiger partial charge in [0.05, 0.1) is 0 Å². The summed E-state index contributed by atoms with van der Waals surface area (Å²) in [5.41, 5.74) is 5.49. The van der Waals surface area contributed by atoms with E-state index in [1.54, 1.807) is 0 Å². The van der Waals surface area contributed by atoms with Crippen molar-refractivity contribution in [3.63, 3.8) is 0 Å². The van der Waals surface area contributed by atoms with Crippen molar-refractivity contribution < 1.29 is 13.3 Å². The lowest BCUT2D eigenvalue weighted by molar-refractivity contribution is 0.432. The number of hydrogen-bond acceptors (Lipinski definition) is 4. The van der Waals surface area contributed by atoms with Gasteiger partial charge < -0.3 is 10.3 Å². The summed E-state index contributed by atoms with van der Waals surface area (Å²) in [5, 5.41) is 3.32. The van der Waals surface area contributed by atoms with Crippen LogP contribution in [0.1, 0.15) is 0 Å². The first-order valence-electron chi connectivity index (χ1n) is 3.71. The summed E-state index contributed by atoms with van der Waals surface area (Å²) in [6.45, 7) is 0. The highest BCUT2D eigenvalue weighted by molar-refractivity contribution is 5.53. The van der Waals surface area contributed by atoms with Gasteiger partial charge in [0.15, 0.2) is 11.6 Å². The van der Waals surface area contributed by atoms with Gasteiger partial charge in [-0.05, 0) is 23.4 Å². The number of aromatic nitrogens is 2. The third kappa shape index (κ3) is 1.41. The molecule has 0 bridgehead atoms. The van der Waals surface area contributed by atoms with E-state index in [-0.39, 0.29) is 17.4 Å². The van der Waals surface area contributed by atoms with Crippen LogP contribution in [0, 0.1) is 11.6 Å². The lowest BCUT2D eigenvalue weighted by Crippen LogP contribution is -1.87. The zero-order valence-electron chi connectivity index (χ0n) is 6.87. The normalized spacial score (nSPS) is 10.4. The second-order valence-corrected chi connectivity index (χ2v) is 2.59. The molecule has 0 atom stereocenters. The number of nitrogens with two attached hydrogens (primary N) is 1. The number of nitrogens with zero attached hydrogens (tertiary/aromatic N) is 2. The summed E-state index contributed by atoms with van der Waals surface area (Å²) >= 11 is 0. The third-order valence-corrected chi connectivity index (χ3v) is 1.61. The molecule has 1 heterocycles. The first kappa shape index (κ1) is 8.61. The van der Waals surface area contributed by atoms with Crippen LogP contribution < -0.4 is 5.73 Å². The van der Waals surface area contributed by atoms with E-state index in [2.05, 4.69) is 14.7 Å². The number of benzene rings is 1. The monoisotopic (exact) mass is 197 g/mol. The minimum Gasteiger partial charge on any atom is -0.365 e. The fourth-order valence-electron chi connectivity index (χ4n) is 0.981. The zero-order valence-corrected chi connectivity index (χ0v) is 6.87. The summed E-state index contributed by atoms with van der Waals surface area (Å²) < 4.78 is 30.0. The van der Waals surface area contributed by atoms with Crippen molar-refractivity contribution in [2.75, 3.05) is 5.73 Å². The lowest BCUT2D eigenvalue weighted by Gasteiger charge is -1.94. The molecule has 0 saturated carbocycles. The maximum Gasteiger partial charge on any atom is 0.261 e. The molecule has 2 rings (SSSR count). The number of halogens is 2. The molecular formula is C8H5F2N3O. The van der Waals surface area contributed by atoms with Crippen molar-refractivity contribution >= 4 is 5.95 Å². The molecule has 6 heteroatoms. The van der Waals surface area contributed by atoms with Crippen molar-refractivity contribution in [3.8, 4) is 11.5 Å². The standard InChI is InChI=1S/C8H5F2N3O/c9-5-2-1-4(3-6(5)10)7-12-8(11)13-14-7/h1-3H,(H2,11,13). The summed E-state index contributed by atoms with van der Waals surface area (Å²) in [6, 6.07) is 3.26. The Kier molecular flexibility index (Phi) is 1.88. The summed E-state index contributed by atoms with van der Waals surface area (Å²) in [6.07, 6.45) is 0. The Labute approximate surface area is 77.3 Å². The van der Waals surface area contributed by atoms with Crippen LogP contribution in [0.4, 0.5) is 14.7 Å². The largest absolute Gasteiger partial charge is 0.365 e. The first-order chi connectivity index (χ1) is 6.66. The molecule has 0 fully saturated rings. The van der Waals surface area contributed by atoms with Crippen LogP contribution in [0.2, 0.25) is 0 Å². The lowest BCUT2D eigenvalue weighted by atomic mass is 10.2.